The summed E-state index contributed by atoms with van der Waals surface area (Å²) in [7, 11) is 0. The van der Waals surface area contributed by atoms with Crippen LogP contribution in [0.4, 0.5) is 0 Å². The van der Waals surface area contributed by atoms with Crippen molar-refractivity contribution in [2.24, 2.45) is 0 Å². The fourth-order valence-corrected chi connectivity index (χ4v) is 2.15. The van der Waals surface area contributed by atoms with E-state index >= 15 is 0 Å². The molecule has 1 saturated carbocycles. The van der Waals surface area contributed by atoms with E-state index in [0.717, 1.165) is 23.6 Å². The van der Waals surface area contributed by atoms with Crippen LogP contribution in [0.5, 0.6) is 0 Å². The van der Waals surface area contributed by atoms with Gasteiger partial charge < -0.3 is 9.53 Å². The normalized spacial score (nSPS) is 24.6. The van der Waals surface area contributed by atoms with Crippen LogP contribution in [-0.2, 0) is 9.53 Å². The third-order valence-electron chi connectivity index (χ3n) is 2.84. The van der Waals surface area contributed by atoms with E-state index in [0.29, 0.717) is 5.92 Å². The zero-order valence-corrected chi connectivity index (χ0v) is 9.94. The van der Waals surface area contributed by atoms with Gasteiger partial charge in [-0.2, -0.15) is 0 Å². The highest BCUT2D eigenvalue weighted by atomic mass is 79.9. The Morgan fingerprint density at radius 2 is 2.00 bits per heavy atom. The Morgan fingerprint density at radius 1 is 1.33 bits per heavy atom. The Kier molecular flexibility index (Phi) is 3.54. The monoisotopic (exact) mass is 268 g/mol. The maximum atomic E-state index is 10.1. The van der Waals surface area contributed by atoms with Crippen LogP contribution in [-0.4, -0.2) is 19.0 Å². The minimum Gasteiger partial charge on any atom is -0.371 e. The van der Waals surface area contributed by atoms with Gasteiger partial charge in [0.1, 0.15) is 12.9 Å². The van der Waals surface area contributed by atoms with Crippen molar-refractivity contribution in [2.45, 2.75) is 24.9 Å². The summed E-state index contributed by atoms with van der Waals surface area (Å²) in [6.45, 7) is 0.234. The van der Waals surface area contributed by atoms with Gasteiger partial charge in [0.15, 0.2) is 0 Å². The van der Waals surface area contributed by atoms with E-state index in [1.165, 1.54) is 5.56 Å². The Balaban J connectivity index is 1.83. The van der Waals surface area contributed by atoms with Crippen LogP contribution in [0.1, 0.15) is 24.3 Å². The molecule has 3 heteroatoms. The first-order chi connectivity index (χ1) is 7.29. The van der Waals surface area contributed by atoms with Crippen molar-refractivity contribution in [1.29, 1.82) is 0 Å². The molecule has 1 aliphatic rings. The molecule has 80 valence electrons. The van der Waals surface area contributed by atoms with Crippen LogP contribution in [0, 0.1) is 0 Å². The molecule has 2 rings (SSSR count). The number of benzene rings is 1. The molecule has 0 aliphatic heterocycles. The van der Waals surface area contributed by atoms with Crippen molar-refractivity contribution in [1.82, 2.24) is 0 Å². The molecule has 1 aromatic carbocycles. The molecule has 0 aromatic heterocycles. The molecule has 0 amide bonds. The molecule has 1 fully saturated rings. The van der Waals surface area contributed by atoms with Gasteiger partial charge in [0.05, 0.1) is 6.10 Å². The van der Waals surface area contributed by atoms with E-state index in [4.69, 9.17) is 4.74 Å². The minimum atomic E-state index is 0.234. The van der Waals surface area contributed by atoms with Crippen LogP contribution < -0.4 is 0 Å². The highest BCUT2D eigenvalue weighted by Gasteiger charge is 2.30. The average Bonchev–Trinajstić information content (AvgIpc) is 2.18. The third kappa shape index (κ3) is 2.67. The second-order valence-electron chi connectivity index (χ2n) is 3.84. The first-order valence-corrected chi connectivity index (χ1v) is 5.89. The van der Waals surface area contributed by atoms with Gasteiger partial charge in [-0.25, -0.2) is 0 Å². The number of rotatable bonds is 4. The number of aldehydes is 1. The smallest absolute Gasteiger partial charge is 0.145 e. The lowest BCUT2D eigenvalue weighted by molar-refractivity contribution is -0.116. The molecule has 1 aliphatic carbocycles. The predicted octanol–water partition coefficient (Wildman–Crippen LogP) is 2.91. The topological polar surface area (TPSA) is 26.3 Å². The van der Waals surface area contributed by atoms with E-state index in [9.17, 15) is 4.79 Å². The van der Waals surface area contributed by atoms with Crippen molar-refractivity contribution in [3.05, 3.63) is 34.3 Å². The largest absolute Gasteiger partial charge is 0.371 e. The van der Waals surface area contributed by atoms with Gasteiger partial charge in [-0.15, -0.1) is 0 Å². The van der Waals surface area contributed by atoms with Gasteiger partial charge in [-0.1, -0.05) is 28.1 Å². The van der Waals surface area contributed by atoms with Crippen LogP contribution >= 0.6 is 15.9 Å². The molecule has 0 bridgehead atoms. The van der Waals surface area contributed by atoms with Crippen LogP contribution in [0.25, 0.3) is 0 Å². The van der Waals surface area contributed by atoms with Crippen LogP contribution in [0.2, 0.25) is 0 Å². The van der Waals surface area contributed by atoms with E-state index in [-0.39, 0.29) is 12.7 Å². The molecule has 0 N–H and O–H groups in total. The molecule has 0 unspecified atom stereocenters. The quantitative estimate of drug-likeness (QED) is 0.785. The lowest BCUT2D eigenvalue weighted by Crippen LogP contribution is -2.30. The second-order valence-corrected chi connectivity index (χ2v) is 4.76. The summed E-state index contributed by atoms with van der Waals surface area (Å²) < 4.78 is 6.44. The van der Waals surface area contributed by atoms with Gasteiger partial charge in [0.2, 0.25) is 0 Å². The number of halogens is 1. The molecule has 0 atom stereocenters. The Morgan fingerprint density at radius 3 is 2.60 bits per heavy atom. The number of hydrogen-bond donors (Lipinski definition) is 0. The first-order valence-electron chi connectivity index (χ1n) is 5.10. The van der Waals surface area contributed by atoms with Crippen molar-refractivity contribution < 1.29 is 9.53 Å². The van der Waals surface area contributed by atoms with Gasteiger partial charge in [0, 0.05) is 4.47 Å². The van der Waals surface area contributed by atoms with Gasteiger partial charge in [-0.3, -0.25) is 0 Å². The third-order valence-corrected chi connectivity index (χ3v) is 3.36. The van der Waals surface area contributed by atoms with Crippen molar-refractivity contribution in [3.8, 4) is 0 Å². The molecule has 1 aromatic rings. The molecule has 0 heterocycles. The SMILES string of the molecule is O=CCOC1CC(c2ccc(Br)cc2)C1. The zero-order valence-electron chi connectivity index (χ0n) is 8.36. The van der Waals surface area contributed by atoms with Gasteiger partial charge in [0.25, 0.3) is 0 Å². The molecule has 15 heavy (non-hydrogen) atoms. The number of carbonyl (C=O) groups excluding carboxylic acids is 1. The highest BCUT2D eigenvalue weighted by molar-refractivity contribution is 9.10. The molecule has 2 nitrogen and oxygen atoms in total. The number of hydrogen-bond acceptors (Lipinski definition) is 2. The molecule has 0 saturated heterocycles. The summed E-state index contributed by atoms with van der Waals surface area (Å²) in [5, 5.41) is 0. The van der Waals surface area contributed by atoms with E-state index in [1.54, 1.807) is 0 Å². The second kappa shape index (κ2) is 4.90. The van der Waals surface area contributed by atoms with Crippen molar-refractivity contribution in [3.63, 3.8) is 0 Å². The van der Waals surface area contributed by atoms with E-state index in [1.807, 2.05) is 0 Å². The van der Waals surface area contributed by atoms with E-state index < -0.39 is 0 Å². The number of carbonyl (C=O) groups is 1. The summed E-state index contributed by atoms with van der Waals surface area (Å²) in [4.78, 5) is 10.1. The Hall–Kier alpha value is -0.670. The lowest BCUT2D eigenvalue weighted by Gasteiger charge is -2.35. The zero-order chi connectivity index (χ0) is 10.7. The van der Waals surface area contributed by atoms with Crippen LogP contribution in [0.15, 0.2) is 28.7 Å². The Labute approximate surface area is 97.8 Å². The first kappa shape index (κ1) is 10.8. The summed E-state index contributed by atoms with van der Waals surface area (Å²) in [5.74, 6) is 0.606. The van der Waals surface area contributed by atoms with Crippen molar-refractivity contribution in [2.75, 3.05) is 6.61 Å². The summed E-state index contributed by atoms with van der Waals surface area (Å²) >= 11 is 3.42. The highest BCUT2D eigenvalue weighted by Crippen LogP contribution is 2.38. The standard InChI is InChI=1S/C12H13BrO2/c13-11-3-1-9(2-4-11)10-7-12(8-10)15-6-5-14/h1-5,10,12H,6-8H2. The van der Waals surface area contributed by atoms with Crippen LogP contribution in [0.3, 0.4) is 0 Å². The lowest BCUT2D eigenvalue weighted by atomic mass is 9.77. The molecular formula is C12H13BrO2. The van der Waals surface area contributed by atoms with Gasteiger partial charge >= 0.3 is 0 Å². The van der Waals surface area contributed by atoms with Crippen molar-refractivity contribution >= 4 is 22.2 Å². The summed E-state index contributed by atoms with van der Waals surface area (Å²) in [6.07, 6.45) is 3.17. The predicted molar refractivity (Wildman–Crippen MR) is 61.9 cm³/mol. The minimum absolute atomic E-state index is 0.234. The maximum absolute atomic E-state index is 10.1. The Bertz CT molecular complexity index is 328. The fraction of sp³-hybridized carbons (Fsp3) is 0.417. The molecule has 0 radical (unpaired) electrons. The fourth-order valence-electron chi connectivity index (χ4n) is 1.88. The maximum Gasteiger partial charge on any atom is 0.145 e. The molecular weight excluding hydrogens is 256 g/mol. The number of ether oxygens (including phenoxy) is 1. The average molecular weight is 269 g/mol. The van der Waals surface area contributed by atoms with Gasteiger partial charge in [-0.05, 0) is 36.5 Å². The molecule has 0 spiro atoms. The summed E-state index contributed by atoms with van der Waals surface area (Å²) in [6, 6.07) is 8.42. The summed E-state index contributed by atoms with van der Waals surface area (Å²) in [5.41, 5.74) is 1.36. The van der Waals surface area contributed by atoms with E-state index in [2.05, 4.69) is 40.2 Å².